The van der Waals surface area contributed by atoms with Crippen LogP contribution in [0.25, 0.3) is 0 Å². The molecule has 0 spiro atoms. The van der Waals surface area contributed by atoms with E-state index in [4.69, 9.17) is 0 Å². The van der Waals surface area contributed by atoms with E-state index in [2.05, 4.69) is 0 Å². The molecule has 4 rings (SSSR count). The number of carbonyl (C=O) groups excluding carboxylic acids is 2. The molecule has 3 saturated carbocycles. The number of aliphatic hydroxyl groups is 3. The normalized spacial score (nSPS) is 50.7. The van der Waals surface area contributed by atoms with Crippen LogP contribution in [0.2, 0.25) is 0 Å². The van der Waals surface area contributed by atoms with Crippen LogP contribution in [0.5, 0.6) is 0 Å². The monoisotopic (exact) mass is 602 g/mol. The molecule has 4 aliphatic carbocycles. The van der Waals surface area contributed by atoms with Gasteiger partial charge in [-0.3, -0.25) is 9.59 Å². The molecule has 0 unspecified atom stereocenters. The van der Waals surface area contributed by atoms with Crippen molar-refractivity contribution in [2.75, 3.05) is 6.61 Å². The Morgan fingerprint density at radius 1 is 1.31 bits per heavy atom. The van der Waals surface area contributed by atoms with Crippen LogP contribution in [0.1, 0.15) is 46.5 Å². The van der Waals surface area contributed by atoms with Crippen molar-refractivity contribution in [3.05, 3.63) is 23.8 Å². The zero-order valence-electron chi connectivity index (χ0n) is 17.3. The number of ketones is 2. The number of rotatable bonds is 2. The third-order valence-corrected chi connectivity index (χ3v) is 8.79. The second-order valence-corrected chi connectivity index (χ2v) is 9.75. The van der Waals surface area contributed by atoms with Crippen molar-refractivity contribution < 1.29 is 29.3 Å². The molecule has 0 amide bonds. The minimum atomic E-state index is -1.98. The number of Topliss-reactive ketones (excluding diaryl/α,β-unsaturated/α-hetero) is 1. The molecule has 3 N–H and O–H groups in total. The number of hydrogen-bond donors (Lipinski definition) is 3. The second kappa shape index (κ2) is 7.03. The Hall–Kier alpha value is -0.448. The molecule has 0 aromatic rings. The molecular weight excluding hydrogens is 570 g/mol. The fraction of sp³-hybridized carbons (Fsp3) is 0.727. The minimum absolute atomic E-state index is 0. The summed E-state index contributed by atoms with van der Waals surface area (Å²) in [6, 6.07) is 0. The fourth-order valence-electron chi connectivity index (χ4n) is 7.26. The second-order valence-electron chi connectivity index (χ2n) is 9.75. The molecule has 0 aromatic carbocycles. The first-order valence-corrected chi connectivity index (χ1v) is 10.1. The zero-order chi connectivity index (χ0) is 20.7. The fourth-order valence-corrected chi connectivity index (χ4v) is 7.26. The van der Waals surface area contributed by atoms with Crippen LogP contribution in [-0.2, 0) is 9.59 Å². The van der Waals surface area contributed by atoms with Gasteiger partial charge in [0, 0.05) is 16.7 Å². The summed E-state index contributed by atoms with van der Waals surface area (Å²) in [5, 5.41) is 32.0. The van der Waals surface area contributed by atoms with Crippen molar-refractivity contribution in [2.45, 2.75) is 63.8 Å². The Balaban J connectivity index is 0.00000240. The van der Waals surface area contributed by atoms with Crippen LogP contribution in [0.3, 0.4) is 0 Å². The van der Waals surface area contributed by atoms with Crippen molar-refractivity contribution in [1.29, 1.82) is 0 Å². The standard InChI is InChI=1S/C22H29FO5.Pb.2H/c1-12-8-16-15-5-4-13-9-14(25)6-7-19(13,2)21(15,23)17(26)10-20(16,3)22(12,28)18(27)11-24;;;/h6-7,9,12,15-17,24,26,28H,4-5,8,10-11H2,1-3H3;;;/t12-,15+,16+,17+,19+,20+,21+,22+;;;/m1.../s1. The molecule has 0 saturated heterocycles. The first kappa shape index (κ1) is 23.2. The molecule has 0 bridgehead atoms. The average molecular weight is 602 g/mol. The van der Waals surface area contributed by atoms with E-state index in [1.165, 1.54) is 12.2 Å². The summed E-state index contributed by atoms with van der Waals surface area (Å²) in [6.45, 7) is 4.48. The van der Waals surface area contributed by atoms with E-state index in [1.54, 1.807) is 26.8 Å². The molecule has 4 aliphatic rings. The predicted octanol–water partition coefficient (Wildman–Crippen LogP) is 0.979. The van der Waals surface area contributed by atoms with Crippen molar-refractivity contribution in [2.24, 2.45) is 28.6 Å². The van der Waals surface area contributed by atoms with Gasteiger partial charge in [0.05, 0.1) is 6.10 Å². The van der Waals surface area contributed by atoms with Crippen LogP contribution < -0.4 is 0 Å². The summed E-state index contributed by atoms with van der Waals surface area (Å²) in [5.41, 5.74) is -5.17. The number of halogens is 1. The number of hydrogen-bond acceptors (Lipinski definition) is 5. The first-order valence-electron chi connectivity index (χ1n) is 10.1. The maximum atomic E-state index is 16.9. The van der Waals surface area contributed by atoms with Gasteiger partial charge in [0.1, 0.15) is 12.2 Å². The Labute approximate surface area is 190 Å². The van der Waals surface area contributed by atoms with E-state index >= 15 is 4.39 Å². The molecule has 2 radical (unpaired) electrons. The van der Waals surface area contributed by atoms with Gasteiger partial charge < -0.3 is 15.3 Å². The third kappa shape index (κ3) is 2.58. The maximum absolute atomic E-state index is 16.9. The summed E-state index contributed by atoms with van der Waals surface area (Å²) in [4.78, 5) is 24.4. The summed E-state index contributed by atoms with van der Waals surface area (Å²) in [6.07, 6.45) is 4.44. The van der Waals surface area contributed by atoms with E-state index in [9.17, 15) is 24.9 Å². The Kier molecular flexibility index (Phi) is 5.63. The molecule has 7 heteroatoms. The number of carbonyl (C=O) groups is 2. The summed E-state index contributed by atoms with van der Waals surface area (Å²) >= 11 is 0. The summed E-state index contributed by atoms with van der Waals surface area (Å²) < 4.78 is 16.9. The van der Waals surface area contributed by atoms with E-state index in [1.807, 2.05) is 0 Å². The molecule has 0 aromatic heterocycles. The topological polar surface area (TPSA) is 94.8 Å². The van der Waals surface area contributed by atoms with Gasteiger partial charge in [0.25, 0.3) is 0 Å². The Morgan fingerprint density at radius 3 is 2.59 bits per heavy atom. The van der Waals surface area contributed by atoms with E-state index in [0.717, 1.165) is 0 Å². The van der Waals surface area contributed by atoms with Gasteiger partial charge in [-0.25, -0.2) is 4.39 Å². The quantitative estimate of drug-likeness (QED) is 0.411. The van der Waals surface area contributed by atoms with Gasteiger partial charge in [0.15, 0.2) is 17.2 Å². The predicted molar refractivity (Wildman–Crippen MR) is 108 cm³/mol. The molecular formula is C22H31FO5Pb. The van der Waals surface area contributed by atoms with Crippen LogP contribution >= 0.6 is 0 Å². The Bertz CT molecular complexity index is 811. The van der Waals surface area contributed by atoms with E-state index in [-0.39, 0.29) is 45.4 Å². The van der Waals surface area contributed by atoms with Gasteiger partial charge >= 0.3 is 27.3 Å². The molecule has 160 valence electrons. The number of aliphatic hydroxyl groups excluding tert-OH is 2. The van der Waals surface area contributed by atoms with E-state index < -0.39 is 52.4 Å². The molecule has 29 heavy (non-hydrogen) atoms. The SMILES string of the molecule is C[C@@H]1C[C@H]2[C@@H]3CCC4=CC(=O)C=C[C@]4(C)[C@@]3(F)[C@@H](O)C[C@]2(C)[C@@]1(O)C(=O)CO.[PbH2]. The van der Waals surface area contributed by atoms with Gasteiger partial charge in [-0.05, 0) is 56.6 Å². The van der Waals surface area contributed by atoms with Crippen LogP contribution in [0, 0.1) is 28.6 Å². The van der Waals surface area contributed by atoms with E-state index in [0.29, 0.717) is 24.8 Å². The van der Waals surface area contributed by atoms with Gasteiger partial charge in [-0.15, -0.1) is 0 Å². The average Bonchev–Trinajstić information content (AvgIpc) is 2.84. The first-order chi connectivity index (χ1) is 13.0. The van der Waals surface area contributed by atoms with Crippen molar-refractivity contribution >= 4 is 38.9 Å². The summed E-state index contributed by atoms with van der Waals surface area (Å²) in [5.74, 6) is -2.12. The Morgan fingerprint density at radius 2 is 1.97 bits per heavy atom. The molecule has 0 aliphatic heterocycles. The van der Waals surface area contributed by atoms with Gasteiger partial charge in [-0.1, -0.05) is 25.5 Å². The molecule has 3 fully saturated rings. The van der Waals surface area contributed by atoms with Crippen LogP contribution in [0.15, 0.2) is 23.8 Å². The van der Waals surface area contributed by atoms with Crippen LogP contribution in [-0.4, -0.2) is 78.2 Å². The van der Waals surface area contributed by atoms with Gasteiger partial charge in [-0.2, -0.15) is 0 Å². The third-order valence-electron chi connectivity index (χ3n) is 8.79. The molecule has 0 heterocycles. The number of fused-ring (bicyclic) bond motifs is 5. The molecule has 8 atom stereocenters. The number of allylic oxidation sites excluding steroid dienone is 4. The van der Waals surface area contributed by atoms with Gasteiger partial charge in [0.2, 0.25) is 0 Å². The van der Waals surface area contributed by atoms with Crippen molar-refractivity contribution in [3.63, 3.8) is 0 Å². The van der Waals surface area contributed by atoms with Crippen LogP contribution in [0.4, 0.5) is 4.39 Å². The van der Waals surface area contributed by atoms with Crippen molar-refractivity contribution in [1.82, 2.24) is 0 Å². The summed E-state index contributed by atoms with van der Waals surface area (Å²) in [7, 11) is 0. The number of alkyl halides is 1. The van der Waals surface area contributed by atoms with Crippen molar-refractivity contribution in [3.8, 4) is 0 Å². The molecule has 5 nitrogen and oxygen atoms in total. The zero-order valence-corrected chi connectivity index (χ0v) is 22.8.